The van der Waals surface area contributed by atoms with Crippen LogP contribution < -0.4 is 38.8 Å². The van der Waals surface area contributed by atoms with E-state index in [4.69, 9.17) is 37.6 Å². The van der Waals surface area contributed by atoms with Crippen molar-refractivity contribution in [1.82, 2.24) is 4.40 Å². The van der Waals surface area contributed by atoms with Crippen LogP contribution in [-0.2, 0) is 0 Å². The van der Waals surface area contributed by atoms with E-state index in [1.165, 1.54) is 0 Å². The zero-order valence-electron chi connectivity index (χ0n) is 27.1. The molecule has 6 rings (SSSR count). The van der Waals surface area contributed by atoms with Crippen LogP contribution in [0.25, 0.3) is 49.3 Å². The molecule has 0 unspecified atom stereocenters. The third kappa shape index (κ3) is 4.85. The first-order valence-electron chi connectivity index (χ1n) is 15.1. The van der Waals surface area contributed by atoms with Gasteiger partial charge in [0.1, 0.15) is 11.1 Å². The Kier molecular flexibility index (Phi) is 8.44. The van der Waals surface area contributed by atoms with Gasteiger partial charge in [0.05, 0.1) is 54.3 Å². The first kappa shape index (κ1) is 30.8. The molecule has 0 saturated heterocycles. The molecule has 0 saturated carbocycles. The van der Waals surface area contributed by atoms with E-state index in [9.17, 15) is 4.79 Å². The van der Waals surface area contributed by atoms with Gasteiger partial charge in [-0.05, 0) is 48.7 Å². The molecule has 3 aromatic carbocycles. The van der Waals surface area contributed by atoms with Crippen LogP contribution in [0.5, 0.6) is 40.2 Å². The predicted octanol–water partition coefficient (Wildman–Crippen LogP) is 7.64. The Labute approximate surface area is 265 Å². The molecule has 0 fully saturated rings. The van der Waals surface area contributed by atoms with E-state index in [0.29, 0.717) is 75.3 Å². The van der Waals surface area contributed by atoms with Crippen molar-refractivity contribution in [3.63, 3.8) is 0 Å². The summed E-state index contributed by atoms with van der Waals surface area (Å²) < 4.78 is 48.6. The largest absolute Gasteiger partial charge is 0.493 e. The van der Waals surface area contributed by atoms with Gasteiger partial charge in [-0.3, -0.25) is 0 Å². The fraction of sp³-hybridized carbons (Fsp3) is 0.306. The molecule has 0 aliphatic heterocycles. The van der Waals surface area contributed by atoms with Crippen molar-refractivity contribution >= 4 is 38.2 Å². The average molecular weight is 628 g/mol. The second-order valence-electron chi connectivity index (χ2n) is 10.7. The molecule has 46 heavy (non-hydrogen) atoms. The molecule has 10 heteroatoms. The van der Waals surface area contributed by atoms with Crippen LogP contribution in [-0.4, -0.2) is 53.2 Å². The fourth-order valence-electron chi connectivity index (χ4n) is 6.05. The Morgan fingerprint density at radius 2 is 1.28 bits per heavy atom. The van der Waals surface area contributed by atoms with Crippen molar-refractivity contribution in [2.45, 2.75) is 26.7 Å². The highest BCUT2D eigenvalue weighted by Crippen LogP contribution is 2.49. The Morgan fingerprint density at radius 3 is 1.91 bits per heavy atom. The van der Waals surface area contributed by atoms with Crippen molar-refractivity contribution in [3.8, 4) is 51.4 Å². The Morgan fingerprint density at radius 1 is 0.630 bits per heavy atom. The molecule has 0 amide bonds. The lowest BCUT2D eigenvalue weighted by Crippen LogP contribution is -2.04. The zero-order valence-corrected chi connectivity index (χ0v) is 27.1. The highest BCUT2D eigenvalue weighted by atomic mass is 16.5. The number of hydrogen-bond acceptors (Lipinski definition) is 9. The summed E-state index contributed by atoms with van der Waals surface area (Å²) in [5, 5.41) is 2.91. The quantitative estimate of drug-likeness (QED) is 0.127. The van der Waals surface area contributed by atoms with Crippen LogP contribution in [0.3, 0.4) is 0 Å². The number of nitrogens with zero attached hydrogens (tertiary/aromatic N) is 1. The van der Waals surface area contributed by atoms with Gasteiger partial charge in [-0.1, -0.05) is 19.9 Å². The number of benzene rings is 3. The summed E-state index contributed by atoms with van der Waals surface area (Å²) in [5.74, 6) is 3.67. The lowest BCUT2D eigenvalue weighted by atomic mass is 9.97. The summed E-state index contributed by atoms with van der Waals surface area (Å²) in [6.45, 7) is 5.07. The van der Waals surface area contributed by atoms with E-state index in [-0.39, 0.29) is 0 Å². The maximum atomic E-state index is 13.9. The molecule has 10 nitrogen and oxygen atoms in total. The molecule has 0 bridgehead atoms. The van der Waals surface area contributed by atoms with Gasteiger partial charge in [0.15, 0.2) is 34.5 Å². The van der Waals surface area contributed by atoms with Gasteiger partial charge in [0.2, 0.25) is 5.75 Å². The SMILES string of the molecule is CCCOc1cc(-c2c3c4cc(OC)c(OCCC)cc4oc(=O)c3n3ccc4c(OC)c(OC)c(OC)cc4c23)ccc1OC. The summed E-state index contributed by atoms with van der Waals surface area (Å²) in [6, 6.07) is 13.1. The van der Waals surface area contributed by atoms with Gasteiger partial charge in [-0.15, -0.1) is 0 Å². The number of pyridine rings is 1. The molecule has 3 heterocycles. The third-order valence-corrected chi connectivity index (χ3v) is 8.03. The molecule has 0 radical (unpaired) electrons. The normalized spacial score (nSPS) is 11.4. The molecule has 240 valence electrons. The zero-order chi connectivity index (χ0) is 32.5. The molecular formula is C36H37NO9. The Balaban J connectivity index is 1.85. The molecule has 0 aliphatic carbocycles. The van der Waals surface area contributed by atoms with Gasteiger partial charge in [0, 0.05) is 39.4 Å². The van der Waals surface area contributed by atoms with Gasteiger partial charge in [-0.25, -0.2) is 4.79 Å². The number of fused-ring (bicyclic) bond motifs is 7. The number of hydrogen-bond donors (Lipinski definition) is 0. The molecule has 0 N–H and O–H groups in total. The van der Waals surface area contributed by atoms with Crippen LogP contribution >= 0.6 is 0 Å². The topological polar surface area (TPSA) is 99.2 Å². The highest BCUT2D eigenvalue weighted by molar-refractivity contribution is 6.22. The number of rotatable bonds is 12. The number of ether oxygens (including phenoxy) is 7. The van der Waals surface area contributed by atoms with E-state index in [2.05, 4.69) is 0 Å². The van der Waals surface area contributed by atoms with Gasteiger partial charge in [-0.2, -0.15) is 0 Å². The molecule has 0 spiro atoms. The fourth-order valence-corrected chi connectivity index (χ4v) is 6.05. The van der Waals surface area contributed by atoms with Gasteiger partial charge < -0.3 is 42.0 Å². The minimum absolute atomic E-state index is 0.365. The van der Waals surface area contributed by atoms with E-state index in [0.717, 1.165) is 40.3 Å². The van der Waals surface area contributed by atoms with E-state index < -0.39 is 5.63 Å². The van der Waals surface area contributed by atoms with Crippen LogP contribution in [0.2, 0.25) is 0 Å². The molecule has 3 aromatic heterocycles. The minimum Gasteiger partial charge on any atom is -0.493 e. The average Bonchev–Trinajstić information content (AvgIpc) is 3.44. The van der Waals surface area contributed by atoms with Crippen molar-refractivity contribution < 1.29 is 37.6 Å². The summed E-state index contributed by atoms with van der Waals surface area (Å²) in [4.78, 5) is 13.9. The summed E-state index contributed by atoms with van der Waals surface area (Å²) in [6.07, 6.45) is 3.48. The van der Waals surface area contributed by atoms with Crippen molar-refractivity contribution in [1.29, 1.82) is 0 Å². The lowest BCUT2D eigenvalue weighted by Gasteiger charge is -2.16. The third-order valence-electron chi connectivity index (χ3n) is 8.03. The molecule has 6 aromatic rings. The second kappa shape index (κ2) is 12.6. The summed E-state index contributed by atoms with van der Waals surface area (Å²) in [7, 11) is 7.93. The first-order chi connectivity index (χ1) is 22.4. The van der Waals surface area contributed by atoms with E-state index >= 15 is 0 Å². The van der Waals surface area contributed by atoms with Crippen molar-refractivity contribution in [2.24, 2.45) is 0 Å². The monoisotopic (exact) mass is 627 g/mol. The van der Waals surface area contributed by atoms with Crippen molar-refractivity contribution in [3.05, 3.63) is 59.1 Å². The number of methoxy groups -OCH3 is 5. The van der Waals surface area contributed by atoms with E-state index in [1.807, 2.05) is 60.8 Å². The molecule has 0 atom stereocenters. The summed E-state index contributed by atoms with van der Waals surface area (Å²) in [5.41, 5.74) is 2.56. The van der Waals surface area contributed by atoms with Crippen LogP contribution in [0, 0.1) is 0 Å². The van der Waals surface area contributed by atoms with Gasteiger partial charge in [0.25, 0.3) is 0 Å². The number of aromatic nitrogens is 1. The van der Waals surface area contributed by atoms with Crippen LogP contribution in [0.1, 0.15) is 26.7 Å². The molecule has 0 aliphatic rings. The maximum Gasteiger partial charge on any atom is 0.361 e. The Bertz CT molecular complexity index is 2140. The smallest absolute Gasteiger partial charge is 0.361 e. The first-order valence-corrected chi connectivity index (χ1v) is 15.1. The maximum absolute atomic E-state index is 13.9. The van der Waals surface area contributed by atoms with Crippen LogP contribution in [0.4, 0.5) is 0 Å². The Hall–Kier alpha value is -5.25. The summed E-state index contributed by atoms with van der Waals surface area (Å²) >= 11 is 0. The standard InChI is InChI=1S/C36H37NO9/c1-8-14-44-27-16-20(10-11-24(27)39-3)30-31-23-18-26(40-4)28(45-15-9-2)19-25(23)46-36(38)33(31)37-13-12-21-22(32(30)37)17-29(41-5)35(43-7)34(21)42-6/h10-13,16-19H,8-9,14-15H2,1-7H3. The predicted molar refractivity (Wildman–Crippen MR) is 178 cm³/mol. The second-order valence-corrected chi connectivity index (χ2v) is 10.7. The van der Waals surface area contributed by atoms with Gasteiger partial charge >= 0.3 is 5.63 Å². The highest BCUT2D eigenvalue weighted by Gasteiger charge is 2.26. The molecular weight excluding hydrogens is 590 g/mol. The minimum atomic E-state index is -0.502. The van der Waals surface area contributed by atoms with E-state index in [1.54, 1.807) is 41.6 Å². The van der Waals surface area contributed by atoms with Crippen molar-refractivity contribution in [2.75, 3.05) is 48.8 Å². The lowest BCUT2D eigenvalue weighted by molar-refractivity contribution is 0.294. The van der Waals surface area contributed by atoms with Crippen LogP contribution in [0.15, 0.2) is 57.9 Å².